The molecule has 10 heteroatoms. The molecule has 1 aromatic heterocycles. The monoisotopic (exact) mass is 524 g/mol. The van der Waals surface area contributed by atoms with Crippen LogP contribution in [-0.2, 0) is 27.2 Å². The van der Waals surface area contributed by atoms with Gasteiger partial charge in [0.1, 0.15) is 29.2 Å². The predicted octanol–water partition coefficient (Wildman–Crippen LogP) is 3.74. The Kier molecular flexibility index (Phi) is 7.20. The van der Waals surface area contributed by atoms with E-state index in [1.54, 1.807) is 39.1 Å². The van der Waals surface area contributed by atoms with Crippen LogP contribution in [0.4, 0.5) is 4.79 Å². The van der Waals surface area contributed by atoms with Crippen molar-refractivity contribution in [3.05, 3.63) is 48.0 Å². The van der Waals surface area contributed by atoms with Gasteiger partial charge in [0.2, 0.25) is 0 Å². The average molecular weight is 525 g/mol. The lowest BCUT2D eigenvalue weighted by molar-refractivity contribution is -0.377. The molecule has 0 bridgehead atoms. The Labute approximate surface area is 221 Å². The minimum atomic E-state index is -1.13. The molecule has 202 valence electrons. The molecule has 2 aromatic carbocycles. The number of carbonyl (C=O) groups is 3. The number of fused-ring (bicyclic) bond motifs is 3. The van der Waals surface area contributed by atoms with Crippen LogP contribution in [-0.4, -0.2) is 39.8 Å². The SMILES string of the molecule is CC(=O)Oc1c2c(c3ccccc3c1OC(=O)C(N)Cc1c[nH+]cn1C(=O)OC(C)(C)C)OC(C)(C)CC2. The van der Waals surface area contributed by atoms with Crippen molar-refractivity contribution in [3.63, 3.8) is 0 Å². The molecule has 0 radical (unpaired) electrons. The van der Waals surface area contributed by atoms with Crippen LogP contribution in [0.15, 0.2) is 36.8 Å². The molecule has 1 aliphatic rings. The molecule has 0 amide bonds. The second-order valence-corrected chi connectivity index (χ2v) is 11.0. The molecule has 1 atom stereocenters. The van der Waals surface area contributed by atoms with Gasteiger partial charge in [0.05, 0.1) is 0 Å². The van der Waals surface area contributed by atoms with Gasteiger partial charge in [-0.3, -0.25) is 4.79 Å². The maximum atomic E-state index is 13.2. The van der Waals surface area contributed by atoms with E-state index in [9.17, 15) is 14.4 Å². The normalized spacial score (nSPS) is 15.2. The molecule has 0 aliphatic carbocycles. The zero-order valence-corrected chi connectivity index (χ0v) is 22.5. The summed E-state index contributed by atoms with van der Waals surface area (Å²) in [4.78, 5) is 40.7. The van der Waals surface area contributed by atoms with Gasteiger partial charge in [-0.15, -0.1) is 4.57 Å². The molecular formula is C28H34N3O7+. The Bertz CT molecular complexity index is 1400. The second kappa shape index (κ2) is 10.1. The third-order valence-electron chi connectivity index (χ3n) is 6.06. The number of carbonyl (C=O) groups excluding carboxylic acids is 3. The van der Waals surface area contributed by atoms with Gasteiger partial charge in [-0.2, -0.15) is 4.79 Å². The number of hydrogen-bond acceptors (Lipinski definition) is 8. The first-order chi connectivity index (χ1) is 17.8. The van der Waals surface area contributed by atoms with Gasteiger partial charge in [-0.05, 0) is 47.5 Å². The van der Waals surface area contributed by atoms with Crippen LogP contribution >= 0.6 is 0 Å². The predicted molar refractivity (Wildman–Crippen MR) is 138 cm³/mol. The highest BCUT2D eigenvalue weighted by atomic mass is 16.6. The number of nitrogens with two attached hydrogens (primary N) is 1. The fourth-order valence-electron chi connectivity index (χ4n) is 4.34. The Hall–Kier alpha value is -3.92. The molecule has 3 N–H and O–H groups in total. The van der Waals surface area contributed by atoms with E-state index in [0.29, 0.717) is 35.2 Å². The molecule has 0 saturated heterocycles. The summed E-state index contributed by atoms with van der Waals surface area (Å²) in [6, 6.07) is 6.16. The third kappa shape index (κ3) is 5.80. The van der Waals surface area contributed by atoms with Crippen LogP contribution in [0.5, 0.6) is 17.2 Å². The highest BCUT2D eigenvalue weighted by molar-refractivity contribution is 6.00. The molecule has 0 saturated carbocycles. The van der Waals surface area contributed by atoms with Crippen molar-refractivity contribution in [1.82, 2.24) is 4.57 Å². The number of hydrogen-bond donors (Lipinski definition) is 1. The highest BCUT2D eigenvalue weighted by Crippen LogP contribution is 2.50. The van der Waals surface area contributed by atoms with Crippen molar-refractivity contribution in [2.75, 3.05) is 0 Å². The highest BCUT2D eigenvalue weighted by Gasteiger charge is 2.35. The zero-order chi connectivity index (χ0) is 27.8. The average Bonchev–Trinajstić information content (AvgIpc) is 3.27. The smallest absolute Gasteiger partial charge is 0.487 e. The van der Waals surface area contributed by atoms with E-state index in [0.717, 1.165) is 5.39 Å². The number of H-pyrrole nitrogens is 1. The molecular weight excluding hydrogens is 490 g/mol. The van der Waals surface area contributed by atoms with Crippen LogP contribution in [0.3, 0.4) is 0 Å². The van der Waals surface area contributed by atoms with Gasteiger partial charge in [0.25, 0.3) is 6.33 Å². The quantitative estimate of drug-likeness (QED) is 0.394. The number of rotatable bonds is 5. The molecule has 0 spiro atoms. The number of imidazole rings is 1. The van der Waals surface area contributed by atoms with Crippen molar-refractivity contribution in [2.45, 2.75) is 78.0 Å². The van der Waals surface area contributed by atoms with Crippen LogP contribution in [0.1, 0.15) is 59.2 Å². The van der Waals surface area contributed by atoms with Gasteiger partial charge in [-0.1, -0.05) is 24.3 Å². The van der Waals surface area contributed by atoms with E-state index < -0.39 is 35.3 Å². The molecule has 3 aromatic rings. The lowest BCUT2D eigenvalue weighted by Gasteiger charge is -2.34. The number of nitrogens with zero attached hydrogens (tertiary/aromatic N) is 1. The third-order valence-corrected chi connectivity index (χ3v) is 6.06. The van der Waals surface area contributed by atoms with E-state index in [4.69, 9.17) is 24.7 Å². The van der Waals surface area contributed by atoms with Gasteiger partial charge >= 0.3 is 18.0 Å². The van der Waals surface area contributed by atoms with Crippen molar-refractivity contribution < 1.29 is 38.3 Å². The Morgan fingerprint density at radius 3 is 2.47 bits per heavy atom. The summed E-state index contributed by atoms with van der Waals surface area (Å²) in [5.74, 6) is -0.458. The maximum absolute atomic E-state index is 13.2. The number of esters is 2. The standard InChI is InChI=1S/C28H33N3O7/c1-16(32)35-24-20-11-12-28(5,6)37-22(20)18-9-7-8-10-19(18)23(24)36-25(33)21(29)13-17-14-30-15-31(17)26(34)38-27(2,3)4/h7-10,14-15,21H,11-13,29H2,1-6H3/p+1. The van der Waals surface area contributed by atoms with E-state index in [1.807, 2.05) is 26.0 Å². The Morgan fingerprint density at radius 2 is 1.82 bits per heavy atom. The minimum absolute atomic E-state index is 0.00928. The summed E-state index contributed by atoms with van der Waals surface area (Å²) >= 11 is 0. The van der Waals surface area contributed by atoms with Gasteiger partial charge in [0, 0.05) is 29.7 Å². The summed E-state index contributed by atoms with van der Waals surface area (Å²) < 4.78 is 24.4. The second-order valence-electron chi connectivity index (χ2n) is 11.0. The van der Waals surface area contributed by atoms with Crippen LogP contribution in [0.25, 0.3) is 10.8 Å². The van der Waals surface area contributed by atoms with E-state index >= 15 is 0 Å². The van der Waals surface area contributed by atoms with E-state index in [1.165, 1.54) is 17.8 Å². The maximum Gasteiger partial charge on any atom is 0.512 e. The lowest BCUT2D eigenvalue weighted by atomic mass is 9.91. The first-order valence-electron chi connectivity index (χ1n) is 12.5. The fourth-order valence-corrected chi connectivity index (χ4v) is 4.34. The minimum Gasteiger partial charge on any atom is -0.487 e. The van der Waals surface area contributed by atoms with Crippen LogP contribution in [0, 0.1) is 0 Å². The van der Waals surface area contributed by atoms with Crippen LogP contribution < -0.4 is 24.9 Å². The molecule has 1 unspecified atom stereocenters. The fraction of sp³-hybridized carbons (Fsp3) is 0.429. The van der Waals surface area contributed by atoms with Crippen molar-refractivity contribution in [2.24, 2.45) is 5.73 Å². The Balaban J connectivity index is 1.68. The van der Waals surface area contributed by atoms with Crippen molar-refractivity contribution in [3.8, 4) is 17.2 Å². The summed E-state index contributed by atoms with van der Waals surface area (Å²) in [5, 5.41) is 1.28. The first-order valence-corrected chi connectivity index (χ1v) is 12.5. The lowest BCUT2D eigenvalue weighted by Crippen LogP contribution is -2.38. The van der Waals surface area contributed by atoms with Crippen molar-refractivity contribution in [1.29, 1.82) is 0 Å². The number of aromatic nitrogens is 2. The number of aromatic amines is 1. The molecule has 0 fully saturated rings. The van der Waals surface area contributed by atoms with E-state index in [2.05, 4.69) is 4.98 Å². The zero-order valence-electron chi connectivity index (χ0n) is 22.5. The molecule has 38 heavy (non-hydrogen) atoms. The van der Waals surface area contributed by atoms with Gasteiger partial charge in [0.15, 0.2) is 17.2 Å². The summed E-state index contributed by atoms with van der Waals surface area (Å²) in [7, 11) is 0. The van der Waals surface area contributed by atoms with Gasteiger partial charge in [-0.25, -0.2) is 9.78 Å². The summed E-state index contributed by atoms with van der Waals surface area (Å²) in [5.41, 5.74) is 6.22. The number of ether oxygens (including phenoxy) is 4. The van der Waals surface area contributed by atoms with Crippen LogP contribution in [0.2, 0.25) is 0 Å². The Morgan fingerprint density at radius 1 is 1.13 bits per heavy atom. The number of benzene rings is 2. The van der Waals surface area contributed by atoms with Crippen molar-refractivity contribution >= 4 is 28.8 Å². The molecule has 4 rings (SSSR count). The molecule has 1 aliphatic heterocycles. The molecule has 10 nitrogen and oxygen atoms in total. The largest absolute Gasteiger partial charge is 0.512 e. The first kappa shape index (κ1) is 27.1. The summed E-state index contributed by atoms with van der Waals surface area (Å²) in [6.07, 6.45) is 3.62. The molecule has 2 heterocycles. The van der Waals surface area contributed by atoms with Gasteiger partial charge < -0.3 is 24.7 Å². The topological polar surface area (TPSA) is 133 Å². The summed E-state index contributed by atoms with van der Waals surface area (Å²) in [6.45, 7) is 10.6. The van der Waals surface area contributed by atoms with E-state index in [-0.39, 0.29) is 17.9 Å². The number of nitrogens with one attached hydrogen (secondary N) is 1.